The van der Waals surface area contributed by atoms with Crippen molar-refractivity contribution in [3.63, 3.8) is 0 Å². The number of non-ortho nitro benzene ring substituents is 1. The standard InChI is InChI=1S/C14H13N3O4/c18-14(19)8-16(10-2-3-10)13-6-1-9-7-11(17(20)21)4-5-12(9)15-13/h1,4-7,10H,2-3,8H2,(H,18,19). The molecule has 1 aromatic carbocycles. The Morgan fingerprint density at radius 3 is 2.76 bits per heavy atom. The number of anilines is 1. The third kappa shape index (κ3) is 2.76. The summed E-state index contributed by atoms with van der Waals surface area (Å²) >= 11 is 0. The maximum Gasteiger partial charge on any atom is 0.323 e. The number of pyridine rings is 1. The molecule has 0 radical (unpaired) electrons. The van der Waals surface area contributed by atoms with Crippen LogP contribution in [0.4, 0.5) is 11.5 Å². The molecule has 1 heterocycles. The second kappa shape index (κ2) is 5.01. The van der Waals surface area contributed by atoms with Gasteiger partial charge in [-0.1, -0.05) is 0 Å². The molecule has 2 aromatic rings. The van der Waals surface area contributed by atoms with Crippen LogP contribution < -0.4 is 4.90 Å². The van der Waals surface area contributed by atoms with Crippen molar-refractivity contribution in [1.82, 2.24) is 4.98 Å². The predicted octanol–water partition coefficient (Wildman–Crippen LogP) is 2.20. The van der Waals surface area contributed by atoms with Gasteiger partial charge in [-0.15, -0.1) is 0 Å². The fourth-order valence-corrected chi connectivity index (χ4v) is 2.30. The Bertz CT molecular complexity index is 727. The molecule has 1 aliphatic rings. The molecule has 0 aliphatic heterocycles. The minimum atomic E-state index is -0.896. The Morgan fingerprint density at radius 2 is 2.14 bits per heavy atom. The third-order valence-corrected chi connectivity index (χ3v) is 3.46. The van der Waals surface area contributed by atoms with Gasteiger partial charge in [-0.25, -0.2) is 4.98 Å². The number of aliphatic carboxylic acids is 1. The lowest BCUT2D eigenvalue weighted by Gasteiger charge is -2.21. The average molecular weight is 287 g/mol. The highest BCUT2D eigenvalue weighted by Gasteiger charge is 2.31. The number of nitrogens with zero attached hydrogens (tertiary/aromatic N) is 3. The SMILES string of the molecule is O=C(O)CN(c1ccc2cc([N+](=O)[O-])ccc2n1)C1CC1. The first-order valence-corrected chi connectivity index (χ1v) is 6.58. The molecule has 7 heteroatoms. The van der Waals surface area contributed by atoms with E-state index in [0.29, 0.717) is 16.7 Å². The van der Waals surface area contributed by atoms with Gasteiger partial charge in [0.1, 0.15) is 12.4 Å². The monoisotopic (exact) mass is 287 g/mol. The molecule has 1 N–H and O–H groups in total. The molecule has 0 bridgehead atoms. The van der Waals surface area contributed by atoms with Crippen LogP contribution in [0.1, 0.15) is 12.8 Å². The Kier molecular flexibility index (Phi) is 3.17. The molecule has 0 unspecified atom stereocenters. The van der Waals surface area contributed by atoms with E-state index in [1.165, 1.54) is 12.1 Å². The van der Waals surface area contributed by atoms with E-state index in [1.807, 2.05) is 0 Å². The van der Waals surface area contributed by atoms with Crippen molar-refractivity contribution in [3.8, 4) is 0 Å². The van der Waals surface area contributed by atoms with Gasteiger partial charge in [0.2, 0.25) is 0 Å². The number of carboxylic acids is 1. The number of nitro benzene ring substituents is 1. The Hall–Kier alpha value is -2.70. The van der Waals surface area contributed by atoms with E-state index in [0.717, 1.165) is 12.8 Å². The molecule has 0 saturated heterocycles. The molecular weight excluding hydrogens is 274 g/mol. The molecule has 108 valence electrons. The van der Waals surface area contributed by atoms with Gasteiger partial charge in [0.25, 0.3) is 5.69 Å². The largest absolute Gasteiger partial charge is 0.480 e. The van der Waals surface area contributed by atoms with Crippen LogP contribution in [-0.4, -0.2) is 33.6 Å². The molecule has 0 spiro atoms. The fraction of sp³-hybridized carbons (Fsp3) is 0.286. The van der Waals surface area contributed by atoms with Crippen LogP contribution in [0.15, 0.2) is 30.3 Å². The number of nitro groups is 1. The van der Waals surface area contributed by atoms with Gasteiger partial charge in [-0.3, -0.25) is 14.9 Å². The number of hydrogen-bond acceptors (Lipinski definition) is 5. The Morgan fingerprint density at radius 1 is 1.38 bits per heavy atom. The van der Waals surface area contributed by atoms with Gasteiger partial charge in [0, 0.05) is 23.6 Å². The van der Waals surface area contributed by atoms with Gasteiger partial charge >= 0.3 is 5.97 Å². The Labute approximate surface area is 120 Å². The topological polar surface area (TPSA) is 96.6 Å². The van der Waals surface area contributed by atoms with E-state index in [1.54, 1.807) is 23.1 Å². The number of hydrogen-bond donors (Lipinski definition) is 1. The van der Waals surface area contributed by atoms with Crippen molar-refractivity contribution in [1.29, 1.82) is 0 Å². The summed E-state index contributed by atoms with van der Waals surface area (Å²) in [5.41, 5.74) is 0.635. The number of carboxylic acid groups (broad SMARTS) is 1. The lowest BCUT2D eigenvalue weighted by Crippen LogP contribution is -2.32. The second-order valence-corrected chi connectivity index (χ2v) is 5.06. The van der Waals surface area contributed by atoms with Crippen LogP contribution in [0, 0.1) is 10.1 Å². The van der Waals surface area contributed by atoms with Crippen molar-refractivity contribution < 1.29 is 14.8 Å². The summed E-state index contributed by atoms with van der Waals surface area (Å²) in [6.45, 7) is -0.0871. The first-order chi connectivity index (χ1) is 10.0. The normalized spacial score (nSPS) is 14.1. The predicted molar refractivity (Wildman–Crippen MR) is 76.4 cm³/mol. The lowest BCUT2D eigenvalue weighted by atomic mass is 10.2. The summed E-state index contributed by atoms with van der Waals surface area (Å²) in [6, 6.07) is 8.13. The van der Waals surface area contributed by atoms with Gasteiger partial charge in [-0.2, -0.15) is 0 Å². The minimum absolute atomic E-state index is 0.0154. The first-order valence-electron chi connectivity index (χ1n) is 6.58. The van der Waals surface area contributed by atoms with Crippen LogP contribution >= 0.6 is 0 Å². The van der Waals surface area contributed by atoms with Crippen LogP contribution in [-0.2, 0) is 4.79 Å². The molecule has 7 nitrogen and oxygen atoms in total. The molecule has 0 amide bonds. The molecule has 1 fully saturated rings. The van der Waals surface area contributed by atoms with Gasteiger partial charge in [0.05, 0.1) is 10.4 Å². The zero-order chi connectivity index (χ0) is 15.0. The highest BCUT2D eigenvalue weighted by Crippen LogP contribution is 2.31. The van der Waals surface area contributed by atoms with Crippen molar-refractivity contribution >= 4 is 28.4 Å². The first kappa shape index (κ1) is 13.3. The number of rotatable bonds is 5. The van der Waals surface area contributed by atoms with Crippen molar-refractivity contribution in [2.75, 3.05) is 11.4 Å². The molecule has 3 rings (SSSR count). The number of benzene rings is 1. The maximum absolute atomic E-state index is 11.0. The van der Waals surface area contributed by atoms with Crippen molar-refractivity contribution in [2.24, 2.45) is 0 Å². The van der Waals surface area contributed by atoms with Crippen LogP contribution in [0.25, 0.3) is 10.9 Å². The summed E-state index contributed by atoms with van der Waals surface area (Å²) < 4.78 is 0. The average Bonchev–Trinajstić information content (AvgIpc) is 3.28. The molecule has 1 saturated carbocycles. The zero-order valence-corrected chi connectivity index (χ0v) is 11.1. The summed E-state index contributed by atoms with van der Waals surface area (Å²) in [7, 11) is 0. The van der Waals surface area contributed by atoms with Crippen molar-refractivity contribution in [2.45, 2.75) is 18.9 Å². The zero-order valence-electron chi connectivity index (χ0n) is 11.1. The summed E-state index contributed by atoms with van der Waals surface area (Å²) in [6.07, 6.45) is 1.93. The Balaban J connectivity index is 1.98. The fourth-order valence-electron chi connectivity index (χ4n) is 2.30. The van der Waals surface area contributed by atoms with E-state index in [4.69, 9.17) is 5.11 Å². The van der Waals surface area contributed by atoms with Crippen LogP contribution in [0.5, 0.6) is 0 Å². The molecular formula is C14H13N3O4. The van der Waals surface area contributed by atoms with Gasteiger partial charge in [0.15, 0.2) is 0 Å². The minimum Gasteiger partial charge on any atom is -0.480 e. The van der Waals surface area contributed by atoms with Crippen LogP contribution in [0.2, 0.25) is 0 Å². The van der Waals surface area contributed by atoms with Gasteiger partial charge in [-0.05, 0) is 31.0 Å². The summed E-state index contributed by atoms with van der Waals surface area (Å²) in [5, 5.41) is 20.4. The maximum atomic E-state index is 11.0. The number of carbonyl (C=O) groups is 1. The smallest absolute Gasteiger partial charge is 0.323 e. The molecule has 1 aliphatic carbocycles. The number of aromatic nitrogens is 1. The van der Waals surface area contributed by atoms with E-state index < -0.39 is 10.9 Å². The van der Waals surface area contributed by atoms with E-state index in [-0.39, 0.29) is 18.3 Å². The highest BCUT2D eigenvalue weighted by atomic mass is 16.6. The van der Waals surface area contributed by atoms with Crippen LogP contribution in [0.3, 0.4) is 0 Å². The van der Waals surface area contributed by atoms with E-state index in [9.17, 15) is 14.9 Å². The third-order valence-electron chi connectivity index (χ3n) is 3.46. The summed E-state index contributed by atoms with van der Waals surface area (Å²) in [5.74, 6) is -0.297. The highest BCUT2D eigenvalue weighted by molar-refractivity contribution is 5.83. The molecule has 21 heavy (non-hydrogen) atoms. The second-order valence-electron chi connectivity index (χ2n) is 5.06. The quantitative estimate of drug-likeness (QED) is 0.669. The lowest BCUT2D eigenvalue weighted by molar-refractivity contribution is -0.384. The van der Waals surface area contributed by atoms with E-state index in [2.05, 4.69) is 4.98 Å². The number of fused-ring (bicyclic) bond motifs is 1. The van der Waals surface area contributed by atoms with E-state index >= 15 is 0 Å². The molecule has 1 aromatic heterocycles. The van der Waals surface area contributed by atoms with Gasteiger partial charge < -0.3 is 10.0 Å². The molecule has 0 atom stereocenters. The summed E-state index contributed by atoms with van der Waals surface area (Å²) in [4.78, 5) is 27.5. The van der Waals surface area contributed by atoms with Crippen molar-refractivity contribution in [3.05, 3.63) is 40.4 Å².